The molecule has 0 bridgehead atoms. The van der Waals surface area contributed by atoms with Crippen LogP contribution in [0.4, 0.5) is 5.69 Å². The van der Waals surface area contributed by atoms with Gasteiger partial charge in [0.15, 0.2) is 5.69 Å². The number of pyridine rings is 2. The summed E-state index contributed by atoms with van der Waals surface area (Å²) in [5.41, 5.74) is 6.02. The van der Waals surface area contributed by atoms with Gasteiger partial charge in [-0.2, -0.15) is 5.10 Å². The smallest absolute Gasteiger partial charge is 0.276 e. The van der Waals surface area contributed by atoms with E-state index in [-0.39, 0.29) is 5.91 Å². The summed E-state index contributed by atoms with van der Waals surface area (Å²) < 4.78 is 5.46. The molecule has 9 nitrogen and oxygen atoms in total. The first-order chi connectivity index (χ1) is 17.7. The predicted octanol–water partition coefficient (Wildman–Crippen LogP) is 3.31. The van der Waals surface area contributed by atoms with Gasteiger partial charge in [-0.1, -0.05) is 6.07 Å². The van der Waals surface area contributed by atoms with Crippen molar-refractivity contribution in [2.75, 3.05) is 44.7 Å². The molecule has 6 rings (SSSR count). The highest BCUT2D eigenvalue weighted by molar-refractivity contribution is 6.11. The molecule has 2 N–H and O–H groups in total. The number of aromatic amines is 1. The van der Waals surface area contributed by atoms with Crippen LogP contribution in [0.25, 0.3) is 22.0 Å². The number of hydrogen-bond acceptors (Lipinski definition) is 7. The van der Waals surface area contributed by atoms with Crippen LogP contribution in [0.15, 0.2) is 55.0 Å². The molecule has 9 heteroatoms. The molecule has 0 spiro atoms. The number of fused-ring (bicyclic) bond motifs is 1. The monoisotopic (exact) mass is 483 g/mol. The number of likely N-dealkylation sites (tertiary alicyclic amines) is 1. The van der Waals surface area contributed by atoms with Crippen LogP contribution in [0.1, 0.15) is 28.2 Å². The van der Waals surface area contributed by atoms with Crippen LogP contribution < -0.4 is 5.32 Å². The molecule has 5 heterocycles. The highest BCUT2D eigenvalue weighted by atomic mass is 16.5. The number of anilines is 1. The topological polar surface area (TPSA) is 99.3 Å². The summed E-state index contributed by atoms with van der Waals surface area (Å²) in [6.07, 6.45) is 6.75. The Morgan fingerprint density at radius 3 is 2.67 bits per heavy atom. The van der Waals surface area contributed by atoms with Gasteiger partial charge in [-0.25, -0.2) is 0 Å². The van der Waals surface area contributed by atoms with E-state index in [0.717, 1.165) is 91.5 Å². The van der Waals surface area contributed by atoms with E-state index in [1.807, 2.05) is 42.7 Å². The molecule has 0 aliphatic carbocycles. The number of nitrogens with one attached hydrogen (secondary N) is 2. The molecular weight excluding hydrogens is 454 g/mol. The number of hydrogen-bond donors (Lipinski definition) is 2. The van der Waals surface area contributed by atoms with Crippen LogP contribution >= 0.6 is 0 Å². The van der Waals surface area contributed by atoms with Crippen molar-refractivity contribution in [1.82, 2.24) is 30.0 Å². The maximum atomic E-state index is 13.2. The number of nitrogens with zero attached hydrogens (tertiary/aromatic N) is 5. The minimum atomic E-state index is -0.251. The third-order valence-corrected chi connectivity index (χ3v) is 6.82. The van der Waals surface area contributed by atoms with Crippen LogP contribution in [0, 0.1) is 0 Å². The zero-order chi connectivity index (χ0) is 24.3. The Kier molecular flexibility index (Phi) is 6.42. The lowest BCUT2D eigenvalue weighted by Gasteiger charge is -2.30. The molecule has 3 aromatic heterocycles. The summed E-state index contributed by atoms with van der Waals surface area (Å²) in [7, 11) is 0. The fraction of sp³-hybridized carbons (Fsp3) is 0.333. The minimum Gasteiger partial charge on any atom is -0.379 e. The molecule has 2 aliphatic heterocycles. The number of carbonyl (C=O) groups is 1. The number of amides is 1. The standard InChI is InChI=1S/C27H29N7O2/c35-27(30-22-4-5-29-23(14-22)18-33-6-1-7-33)26-24-13-20(2-3-25(24)31-32-26)21-12-19(15-28-16-21)17-34-8-10-36-11-9-34/h2-5,12-16H,1,6-11,17-18H2,(H,31,32)(H,29,30,35). The summed E-state index contributed by atoms with van der Waals surface area (Å²) in [5, 5.41) is 11.1. The fourth-order valence-electron chi connectivity index (χ4n) is 4.72. The SMILES string of the molecule is O=C(Nc1ccnc(CN2CCC2)c1)c1n[nH]c2ccc(-c3cncc(CN4CCOCC4)c3)cc12. The molecule has 0 atom stereocenters. The quantitative estimate of drug-likeness (QED) is 0.416. The Morgan fingerprint density at radius 1 is 0.972 bits per heavy atom. The lowest BCUT2D eigenvalue weighted by Crippen LogP contribution is -2.36. The van der Waals surface area contributed by atoms with Crippen molar-refractivity contribution in [3.8, 4) is 11.1 Å². The molecule has 2 fully saturated rings. The van der Waals surface area contributed by atoms with Gasteiger partial charge in [0.05, 0.1) is 24.4 Å². The Bertz CT molecular complexity index is 1380. The minimum absolute atomic E-state index is 0.251. The number of morpholine rings is 1. The molecule has 0 radical (unpaired) electrons. The van der Waals surface area contributed by atoms with E-state index in [0.29, 0.717) is 5.69 Å². The third-order valence-electron chi connectivity index (χ3n) is 6.82. The molecule has 36 heavy (non-hydrogen) atoms. The summed E-state index contributed by atoms with van der Waals surface area (Å²) in [6.45, 7) is 7.26. The summed E-state index contributed by atoms with van der Waals surface area (Å²) in [5.74, 6) is -0.251. The van der Waals surface area contributed by atoms with Crippen LogP contribution in [0.3, 0.4) is 0 Å². The second-order valence-corrected chi connectivity index (χ2v) is 9.42. The van der Waals surface area contributed by atoms with Crippen molar-refractivity contribution in [2.45, 2.75) is 19.5 Å². The maximum absolute atomic E-state index is 13.2. The van der Waals surface area contributed by atoms with Crippen LogP contribution in [-0.4, -0.2) is 75.3 Å². The number of carbonyl (C=O) groups excluding carboxylic acids is 1. The summed E-state index contributed by atoms with van der Waals surface area (Å²) in [4.78, 5) is 26.8. The normalized spacial score (nSPS) is 16.7. The second-order valence-electron chi connectivity index (χ2n) is 9.42. The fourth-order valence-corrected chi connectivity index (χ4v) is 4.72. The first-order valence-electron chi connectivity index (χ1n) is 12.4. The first-order valence-corrected chi connectivity index (χ1v) is 12.4. The average Bonchev–Trinajstić information content (AvgIpc) is 3.31. The third kappa shape index (κ3) is 4.99. The average molecular weight is 484 g/mol. The molecule has 4 aromatic rings. The Hall–Kier alpha value is -3.66. The molecule has 0 saturated carbocycles. The highest BCUT2D eigenvalue weighted by Gasteiger charge is 2.18. The molecule has 184 valence electrons. The zero-order valence-corrected chi connectivity index (χ0v) is 20.1. The number of rotatable bonds is 7. The number of aromatic nitrogens is 4. The second kappa shape index (κ2) is 10.1. The van der Waals surface area contributed by atoms with Gasteiger partial charge < -0.3 is 10.1 Å². The lowest BCUT2D eigenvalue weighted by atomic mass is 10.0. The number of benzene rings is 1. The van der Waals surface area contributed by atoms with Gasteiger partial charge in [-0.3, -0.25) is 29.7 Å². The van der Waals surface area contributed by atoms with Crippen LogP contribution in [0.5, 0.6) is 0 Å². The van der Waals surface area contributed by atoms with Gasteiger partial charge in [0.25, 0.3) is 5.91 Å². The lowest BCUT2D eigenvalue weighted by molar-refractivity contribution is 0.0341. The van der Waals surface area contributed by atoms with Gasteiger partial charge in [-0.05, 0) is 61.0 Å². The molecule has 1 aromatic carbocycles. The molecule has 0 unspecified atom stereocenters. The van der Waals surface area contributed by atoms with Crippen molar-refractivity contribution < 1.29 is 9.53 Å². The van der Waals surface area contributed by atoms with E-state index in [9.17, 15) is 4.79 Å². The van der Waals surface area contributed by atoms with Crippen molar-refractivity contribution in [1.29, 1.82) is 0 Å². The van der Waals surface area contributed by atoms with Gasteiger partial charge in [0.1, 0.15) is 0 Å². The Labute approximate surface area is 209 Å². The van der Waals surface area contributed by atoms with E-state index in [2.05, 4.69) is 41.3 Å². The number of H-pyrrole nitrogens is 1. The molecule has 2 aliphatic rings. The van der Waals surface area contributed by atoms with E-state index in [4.69, 9.17) is 4.74 Å². The summed E-state index contributed by atoms with van der Waals surface area (Å²) in [6, 6.07) is 11.9. The summed E-state index contributed by atoms with van der Waals surface area (Å²) >= 11 is 0. The highest BCUT2D eigenvalue weighted by Crippen LogP contribution is 2.26. The van der Waals surface area contributed by atoms with E-state index >= 15 is 0 Å². The number of ether oxygens (including phenoxy) is 1. The zero-order valence-electron chi connectivity index (χ0n) is 20.1. The van der Waals surface area contributed by atoms with E-state index < -0.39 is 0 Å². The van der Waals surface area contributed by atoms with Crippen LogP contribution in [0.2, 0.25) is 0 Å². The van der Waals surface area contributed by atoms with Gasteiger partial charge in [0.2, 0.25) is 0 Å². The molecular formula is C27H29N7O2. The van der Waals surface area contributed by atoms with Gasteiger partial charge in [0, 0.05) is 61.4 Å². The largest absolute Gasteiger partial charge is 0.379 e. The van der Waals surface area contributed by atoms with Crippen molar-refractivity contribution in [3.05, 3.63) is 71.9 Å². The van der Waals surface area contributed by atoms with Gasteiger partial charge >= 0.3 is 0 Å². The predicted molar refractivity (Wildman–Crippen MR) is 138 cm³/mol. The van der Waals surface area contributed by atoms with E-state index in [1.54, 1.807) is 6.20 Å². The van der Waals surface area contributed by atoms with Crippen molar-refractivity contribution in [3.63, 3.8) is 0 Å². The van der Waals surface area contributed by atoms with E-state index in [1.165, 1.54) is 6.42 Å². The maximum Gasteiger partial charge on any atom is 0.276 e. The van der Waals surface area contributed by atoms with Crippen molar-refractivity contribution >= 4 is 22.5 Å². The molecule has 1 amide bonds. The first kappa shape index (κ1) is 22.8. The van der Waals surface area contributed by atoms with Crippen LogP contribution in [-0.2, 0) is 17.8 Å². The Morgan fingerprint density at radius 2 is 1.83 bits per heavy atom. The molecule has 2 saturated heterocycles. The van der Waals surface area contributed by atoms with Crippen molar-refractivity contribution in [2.24, 2.45) is 0 Å². The Balaban J connectivity index is 1.21. The van der Waals surface area contributed by atoms with Gasteiger partial charge in [-0.15, -0.1) is 0 Å².